The Kier molecular flexibility index (Phi) is 2.24. The number of para-hydroxylation sites is 1. The number of nitrogens with zero attached hydrogens (tertiary/aromatic N) is 1. The predicted octanol–water partition coefficient (Wildman–Crippen LogP) is 2.21. The number of alkyl halides is 2. The van der Waals surface area contributed by atoms with Crippen molar-refractivity contribution in [1.82, 2.24) is 0 Å². The highest BCUT2D eigenvalue weighted by Gasteiger charge is 2.49. The fraction of sp³-hybridized carbons (Fsp3) is 0.200. The summed E-state index contributed by atoms with van der Waals surface area (Å²) >= 11 is 11.8. The summed E-state index contributed by atoms with van der Waals surface area (Å²) in [4.78, 5) is 24.1. The third kappa shape index (κ3) is 1.34. The van der Waals surface area contributed by atoms with Gasteiger partial charge in [0, 0.05) is 12.5 Å². The van der Waals surface area contributed by atoms with E-state index in [4.69, 9.17) is 23.2 Å². The Morgan fingerprint density at radius 1 is 1.33 bits per heavy atom. The van der Waals surface area contributed by atoms with Crippen LogP contribution < -0.4 is 4.90 Å². The molecule has 0 radical (unpaired) electrons. The van der Waals surface area contributed by atoms with E-state index in [2.05, 4.69) is 0 Å². The molecule has 0 bridgehead atoms. The molecule has 0 spiro atoms. The van der Waals surface area contributed by atoms with Gasteiger partial charge in [0.1, 0.15) is 0 Å². The summed E-state index contributed by atoms with van der Waals surface area (Å²) in [6.45, 7) is 1.30. The highest BCUT2D eigenvalue weighted by atomic mass is 35.5. The van der Waals surface area contributed by atoms with Crippen LogP contribution in [0.1, 0.15) is 12.5 Å². The number of benzene rings is 1. The molecule has 1 aliphatic rings. The van der Waals surface area contributed by atoms with Gasteiger partial charge in [0.2, 0.25) is 10.2 Å². The normalized spacial score (nSPS) is 17.8. The van der Waals surface area contributed by atoms with Gasteiger partial charge in [-0.1, -0.05) is 41.4 Å². The Balaban J connectivity index is 2.67. The average Bonchev–Trinajstić information content (AvgIpc) is 2.36. The quantitative estimate of drug-likeness (QED) is 0.656. The Hall–Kier alpha value is -1.06. The van der Waals surface area contributed by atoms with E-state index in [0.717, 1.165) is 4.90 Å². The third-order valence-corrected chi connectivity index (χ3v) is 3.00. The van der Waals surface area contributed by atoms with Crippen molar-refractivity contribution in [3.8, 4) is 0 Å². The second-order valence-corrected chi connectivity index (χ2v) is 4.58. The van der Waals surface area contributed by atoms with Gasteiger partial charge in [0.25, 0.3) is 5.91 Å². The molecule has 2 amide bonds. The maximum Gasteiger partial charge on any atom is 0.274 e. The SMILES string of the molecule is CC(=O)N1C(=O)C(Cl)(Cl)c2ccccc21. The molecule has 0 unspecified atom stereocenters. The monoisotopic (exact) mass is 243 g/mol. The van der Waals surface area contributed by atoms with E-state index in [1.165, 1.54) is 6.92 Å². The van der Waals surface area contributed by atoms with Gasteiger partial charge in [-0.15, -0.1) is 0 Å². The molecule has 5 heteroatoms. The Labute approximate surface area is 96.6 Å². The van der Waals surface area contributed by atoms with Gasteiger partial charge < -0.3 is 0 Å². The summed E-state index contributed by atoms with van der Waals surface area (Å²) in [6.07, 6.45) is 0. The predicted molar refractivity (Wildman–Crippen MR) is 58.0 cm³/mol. The molecule has 1 aromatic rings. The lowest BCUT2D eigenvalue weighted by molar-refractivity contribution is -0.125. The van der Waals surface area contributed by atoms with Crippen molar-refractivity contribution < 1.29 is 9.59 Å². The van der Waals surface area contributed by atoms with Gasteiger partial charge >= 0.3 is 0 Å². The molecule has 78 valence electrons. The Morgan fingerprint density at radius 3 is 2.53 bits per heavy atom. The molecular formula is C10H7Cl2NO2. The van der Waals surface area contributed by atoms with Crippen LogP contribution in [0, 0.1) is 0 Å². The molecule has 0 aromatic heterocycles. The molecule has 0 N–H and O–H groups in total. The summed E-state index contributed by atoms with van der Waals surface area (Å²) in [6, 6.07) is 6.71. The minimum atomic E-state index is -1.65. The summed E-state index contributed by atoms with van der Waals surface area (Å²) in [7, 11) is 0. The number of anilines is 1. The highest BCUT2D eigenvalue weighted by molar-refractivity contribution is 6.61. The van der Waals surface area contributed by atoms with Crippen LogP contribution in [0.4, 0.5) is 5.69 Å². The molecule has 0 atom stereocenters. The van der Waals surface area contributed by atoms with Gasteiger partial charge in [-0.3, -0.25) is 9.59 Å². The third-order valence-electron chi connectivity index (χ3n) is 2.27. The van der Waals surface area contributed by atoms with E-state index in [-0.39, 0.29) is 0 Å². The zero-order valence-electron chi connectivity index (χ0n) is 7.83. The largest absolute Gasteiger partial charge is 0.274 e. The van der Waals surface area contributed by atoms with Crippen molar-refractivity contribution in [2.75, 3.05) is 4.90 Å². The lowest BCUT2D eigenvalue weighted by atomic mass is 10.1. The van der Waals surface area contributed by atoms with Gasteiger partial charge in [-0.25, -0.2) is 4.90 Å². The van der Waals surface area contributed by atoms with E-state index in [1.54, 1.807) is 24.3 Å². The van der Waals surface area contributed by atoms with Gasteiger partial charge in [-0.05, 0) is 6.07 Å². The van der Waals surface area contributed by atoms with Gasteiger partial charge in [0.15, 0.2) is 0 Å². The maximum absolute atomic E-state index is 11.8. The van der Waals surface area contributed by atoms with E-state index < -0.39 is 16.1 Å². The Bertz CT molecular complexity index is 456. The maximum atomic E-state index is 11.8. The van der Waals surface area contributed by atoms with Crippen LogP contribution in [0.25, 0.3) is 0 Å². The molecule has 15 heavy (non-hydrogen) atoms. The first-order chi connectivity index (χ1) is 6.96. The molecule has 1 aromatic carbocycles. The lowest BCUT2D eigenvalue weighted by Crippen LogP contribution is -2.36. The van der Waals surface area contributed by atoms with Crippen molar-refractivity contribution in [3.63, 3.8) is 0 Å². The number of fused-ring (bicyclic) bond motifs is 1. The number of hydrogen-bond acceptors (Lipinski definition) is 2. The number of hydrogen-bond donors (Lipinski definition) is 0. The first kappa shape index (κ1) is 10.5. The van der Waals surface area contributed by atoms with Crippen LogP contribution >= 0.6 is 23.2 Å². The van der Waals surface area contributed by atoms with Crippen LogP contribution in [0.2, 0.25) is 0 Å². The summed E-state index contributed by atoms with van der Waals surface area (Å²) in [5.74, 6) is -1.00. The Morgan fingerprint density at radius 2 is 1.93 bits per heavy atom. The number of carbonyl (C=O) groups is 2. The highest BCUT2D eigenvalue weighted by Crippen LogP contribution is 2.47. The number of halogens is 2. The standard InChI is InChI=1S/C10H7Cl2NO2/c1-6(14)13-8-5-3-2-4-7(8)10(11,12)9(13)15/h2-5H,1H3. The summed E-state index contributed by atoms with van der Waals surface area (Å²) < 4.78 is -1.65. The molecule has 1 aliphatic heterocycles. The van der Waals surface area contributed by atoms with Crippen LogP contribution in [0.5, 0.6) is 0 Å². The van der Waals surface area contributed by atoms with Crippen LogP contribution in [-0.4, -0.2) is 11.8 Å². The molecule has 1 heterocycles. The van der Waals surface area contributed by atoms with E-state index in [1.807, 2.05) is 0 Å². The average molecular weight is 244 g/mol. The van der Waals surface area contributed by atoms with E-state index in [0.29, 0.717) is 11.3 Å². The minimum Gasteiger partial charge on any atom is -0.274 e. The molecule has 3 nitrogen and oxygen atoms in total. The second kappa shape index (κ2) is 3.22. The van der Waals surface area contributed by atoms with Crippen LogP contribution in [0.3, 0.4) is 0 Å². The number of rotatable bonds is 0. The number of amides is 2. The van der Waals surface area contributed by atoms with Gasteiger partial charge in [0.05, 0.1) is 5.69 Å². The topological polar surface area (TPSA) is 37.4 Å². The smallest absolute Gasteiger partial charge is 0.274 e. The zero-order valence-corrected chi connectivity index (χ0v) is 9.34. The van der Waals surface area contributed by atoms with Crippen LogP contribution in [-0.2, 0) is 13.9 Å². The summed E-state index contributed by atoms with van der Waals surface area (Å²) in [5, 5.41) is 0. The van der Waals surface area contributed by atoms with Crippen molar-refractivity contribution in [3.05, 3.63) is 29.8 Å². The number of carbonyl (C=O) groups excluding carboxylic acids is 2. The summed E-state index contributed by atoms with van der Waals surface area (Å²) in [5.41, 5.74) is 0.911. The van der Waals surface area contributed by atoms with Crippen molar-refractivity contribution in [2.45, 2.75) is 11.3 Å². The molecule has 2 rings (SSSR count). The van der Waals surface area contributed by atoms with Gasteiger partial charge in [-0.2, -0.15) is 0 Å². The van der Waals surface area contributed by atoms with E-state index >= 15 is 0 Å². The fourth-order valence-electron chi connectivity index (χ4n) is 1.61. The minimum absolute atomic E-state index is 0.393. The van der Waals surface area contributed by atoms with Crippen molar-refractivity contribution >= 4 is 40.7 Å². The first-order valence-electron chi connectivity index (χ1n) is 4.28. The lowest BCUT2D eigenvalue weighted by Gasteiger charge is -2.13. The van der Waals surface area contributed by atoms with Crippen molar-refractivity contribution in [1.29, 1.82) is 0 Å². The molecule has 0 saturated carbocycles. The zero-order chi connectivity index (χ0) is 11.2. The van der Waals surface area contributed by atoms with E-state index in [9.17, 15) is 9.59 Å². The molecule has 0 fully saturated rings. The van der Waals surface area contributed by atoms with Crippen molar-refractivity contribution in [2.24, 2.45) is 0 Å². The first-order valence-corrected chi connectivity index (χ1v) is 5.04. The second-order valence-electron chi connectivity index (χ2n) is 3.25. The fourth-order valence-corrected chi connectivity index (χ4v) is 2.10. The molecule has 0 aliphatic carbocycles. The molecular weight excluding hydrogens is 237 g/mol. The number of imide groups is 1. The molecule has 0 saturated heterocycles. The van der Waals surface area contributed by atoms with Crippen LogP contribution in [0.15, 0.2) is 24.3 Å².